The van der Waals surface area contributed by atoms with E-state index in [1.807, 2.05) is 67.6 Å². The lowest BCUT2D eigenvalue weighted by molar-refractivity contribution is -0.385. The third kappa shape index (κ3) is 17.8. The Kier molecular flexibility index (Phi) is 27.4. The first-order valence-corrected chi connectivity index (χ1v) is 32.6. The third-order valence-electron chi connectivity index (χ3n) is 18.3. The molecule has 0 saturated heterocycles. The highest BCUT2D eigenvalue weighted by Gasteiger charge is 2.42. The zero-order chi connectivity index (χ0) is 73.2. The fourth-order valence-corrected chi connectivity index (χ4v) is 13.5. The Balaban J connectivity index is 0.000000169. The van der Waals surface area contributed by atoms with Crippen molar-refractivity contribution >= 4 is 63.6 Å². The van der Waals surface area contributed by atoms with Crippen LogP contribution in [0.3, 0.4) is 0 Å². The predicted molar refractivity (Wildman–Crippen MR) is 377 cm³/mol. The number of carbonyl (C=O) groups excluding carboxylic acids is 6. The summed E-state index contributed by atoms with van der Waals surface area (Å²) in [6.45, 7) is 1.96. The van der Waals surface area contributed by atoms with Crippen molar-refractivity contribution in [3.8, 4) is 85.9 Å². The molecule has 17 nitrogen and oxygen atoms in total. The lowest BCUT2D eigenvalue weighted by Gasteiger charge is -2.13. The number of hydrogen-bond acceptors (Lipinski definition) is 16. The summed E-state index contributed by atoms with van der Waals surface area (Å²) in [7, 11) is 1.56. The normalized spacial score (nSPS) is 19.8. The van der Waals surface area contributed by atoms with E-state index >= 15 is 0 Å². The quantitative estimate of drug-likeness (QED) is 0.0336. The second kappa shape index (κ2) is 35.5. The van der Waals surface area contributed by atoms with Gasteiger partial charge < -0.3 is 35.4 Å². The number of terminal acetylenes is 6. The summed E-state index contributed by atoms with van der Waals surface area (Å²) in [6.07, 6.45) is 30.1. The van der Waals surface area contributed by atoms with Gasteiger partial charge in [-0.05, 0) is 121 Å². The van der Waals surface area contributed by atoms with Crippen LogP contribution in [-0.4, -0.2) is 114 Å². The topological polar surface area (TPSA) is 300 Å². The Morgan fingerprint density at radius 1 is 0.460 bits per heavy atom. The van der Waals surface area contributed by atoms with E-state index in [1.54, 1.807) is 55.6 Å². The van der Waals surface area contributed by atoms with Crippen molar-refractivity contribution in [2.24, 2.45) is 35.5 Å². The number of methoxy groups -OCH3 is 1. The molecule has 0 saturated carbocycles. The van der Waals surface area contributed by atoms with Crippen LogP contribution in [0.2, 0.25) is 10.0 Å². The highest BCUT2D eigenvalue weighted by atomic mass is 35.5. The smallest absolute Gasteiger partial charge is 0.280 e. The molecule has 12 unspecified atom stereocenters. The SMILES string of the molecule is C#CCC(O)C1Cc2ccc(C)cc2C1=O.C#CCC(O)C1Cc2ccc(Cl)cc2C1=O.C#CCC(O)C1Cc2ccc(OC)cc2C1=O.C#CCC(O)C1Cc2cccc(C#N)c2C1=O.C#CCC(O)C1Cc2cccc(Cl)c2C1=O.C#CCC(O)C1Cc2cccc([N+](=O)[O-])c2C1=O. The number of carbonyl (C=O) groups is 6. The number of Topliss-reactive ketones (excluding diaryl/α,β-unsaturated/α-hetero) is 6. The number of ether oxygens (including phenoxy) is 1. The number of benzene rings is 6. The maximum Gasteiger partial charge on any atom is 0.280 e. The van der Waals surface area contributed by atoms with E-state index in [2.05, 4.69) is 35.5 Å². The van der Waals surface area contributed by atoms with Crippen molar-refractivity contribution in [2.45, 2.75) is 121 Å². The summed E-state index contributed by atoms with van der Waals surface area (Å²) in [5, 5.41) is 79.6. The highest BCUT2D eigenvalue weighted by molar-refractivity contribution is 6.34. The number of ketones is 6. The first-order chi connectivity index (χ1) is 47.8. The minimum Gasteiger partial charge on any atom is -0.497 e. The number of rotatable bonds is 14. The van der Waals surface area contributed by atoms with E-state index in [-0.39, 0.29) is 90.4 Å². The third-order valence-corrected chi connectivity index (χ3v) is 18.8. The molecule has 510 valence electrons. The van der Waals surface area contributed by atoms with Crippen molar-refractivity contribution in [3.05, 3.63) is 207 Å². The molecule has 100 heavy (non-hydrogen) atoms. The number of nitrogens with zero attached hydrogens (tertiary/aromatic N) is 2. The van der Waals surface area contributed by atoms with Gasteiger partial charge >= 0.3 is 0 Å². The Morgan fingerprint density at radius 3 is 1.21 bits per heavy atom. The zero-order valence-electron chi connectivity index (χ0n) is 54.8. The lowest BCUT2D eigenvalue weighted by atomic mass is 9.95. The molecule has 6 N–H and O–H groups in total. The number of nitriles is 1. The van der Waals surface area contributed by atoms with Crippen LogP contribution in [0, 0.1) is 138 Å². The largest absolute Gasteiger partial charge is 0.497 e. The van der Waals surface area contributed by atoms with Crippen LogP contribution in [0.25, 0.3) is 0 Å². The number of nitro groups is 1. The monoisotopic (exact) mass is 1380 g/mol. The molecule has 0 aromatic heterocycles. The Morgan fingerprint density at radius 2 is 0.800 bits per heavy atom. The Labute approximate surface area is 591 Å². The average molecular weight is 1380 g/mol. The summed E-state index contributed by atoms with van der Waals surface area (Å²) in [5.74, 6) is 11.3. The minimum absolute atomic E-state index is 0.0291. The molecule has 0 heterocycles. The molecule has 0 bridgehead atoms. The Bertz CT molecular complexity index is 4380. The molecular weight excluding hydrogens is 1310 g/mol. The van der Waals surface area contributed by atoms with Gasteiger partial charge in [0.15, 0.2) is 34.7 Å². The van der Waals surface area contributed by atoms with Gasteiger partial charge in [-0.25, -0.2) is 0 Å². The van der Waals surface area contributed by atoms with E-state index < -0.39 is 71.1 Å². The van der Waals surface area contributed by atoms with Gasteiger partial charge in [-0.2, -0.15) is 5.26 Å². The van der Waals surface area contributed by atoms with Gasteiger partial charge in [-0.1, -0.05) is 89.4 Å². The van der Waals surface area contributed by atoms with Crippen LogP contribution < -0.4 is 4.74 Å². The molecule has 0 amide bonds. The molecule has 0 radical (unpaired) electrons. The van der Waals surface area contributed by atoms with Crippen LogP contribution in [0.15, 0.2) is 109 Å². The number of aliphatic hydroxyl groups is 6. The molecule has 12 atom stereocenters. The number of aliphatic hydroxyl groups excluding tert-OH is 6. The molecule has 0 aliphatic heterocycles. The summed E-state index contributed by atoms with van der Waals surface area (Å²) >= 11 is 11.8. The van der Waals surface area contributed by atoms with Crippen molar-refractivity contribution in [1.82, 2.24) is 0 Å². The number of aryl methyl sites for hydroxylation is 1. The molecule has 19 heteroatoms. The van der Waals surface area contributed by atoms with Crippen molar-refractivity contribution in [3.63, 3.8) is 0 Å². The molecule has 6 aliphatic carbocycles. The lowest BCUT2D eigenvalue weighted by Crippen LogP contribution is -2.25. The number of hydrogen-bond donors (Lipinski definition) is 6. The molecule has 6 aromatic carbocycles. The van der Waals surface area contributed by atoms with Gasteiger partial charge in [0.2, 0.25) is 0 Å². The van der Waals surface area contributed by atoms with Gasteiger partial charge in [0.1, 0.15) is 5.75 Å². The fourth-order valence-electron chi connectivity index (χ4n) is 13.1. The van der Waals surface area contributed by atoms with E-state index in [4.69, 9.17) is 71.7 Å². The van der Waals surface area contributed by atoms with Crippen LogP contribution in [-0.2, 0) is 38.5 Å². The maximum absolute atomic E-state index is 12.1. The summed E-state index contributed by atoms with van der Waals surface area (Å²) in [4.78, 5) is 82.6. The van der Waals surface area contributed by atoms with Crippen LogP contribution in [0.1, 0.15) is 145 Å². The van der Waals surface area contributed by atoms with Crippen molar-refractivity contribution in [2.75, 3.05) is 7.11 Å². The average Bonchev–Trinajstić information content (AvgIpc) is 1.69. The summed E-state index contributed by atoms with van der Waals surface area (Å²) in [5.41, 5.74) is 9.63. The number of nitro benzene ring substituents is 1. The van der Waals surface area contributed by atoms with E-state index in [1.165, 1.54) is 6.07 Å². The first kappa shape index (κ1) is 77.1. The van der Waals surface area contributed by atoms with E-state index in [0.717, 1.165) is 38.9 Å². The molecule has 12 rings (SSSR count). The second-order valence-electron chi connectivity index (χ2n) is 24.7. The van der Waals surface area contributed by atoms with Crippen LogP contribution >= 0.6 is 23.2 Å². The van der Waals surface area contributed by atoms with Crippen molar-refractivity contribution in [1.29, 1.82) is 5.26 Å². The van der Waals surface area contributed by atoms with Crippen LogP contribution in [0.4, 0.5) is 5.69 Å². The van der Waals surface area contributed by atoms with E-state index in [0.29, 0.717) is 87.7 Å². The molecule has 0 fully saturated rings. The first-order valence-electron chi connectivity index (χ1n) is 31.9. The van der Waals surface area contributed by atoms with Gasteiger partial charge in [0.05, 0.1) is 106 Å². The number of fused-ring (bicyclic) bond motifs is 6. The standard InChI is InChI=1S/C14H11NO2.C14H14O3.C14H14O2.2C13H11ClO2.C13H11NO4/c1-2-4-12(16)11-7-9-5-3-6-10(8-15)13(9)14(11)17;1-3-4-13(15)12-7-9-5-6-10(17-2)8-11(9)14(12)16;1-3-4-13(15)12-8-10-6-5-9(2)7-11(10)14(12)16;1-2-4-11(15)9-7-8-5-3-6-10(14)12(8)13(9)16;1-2-3-12(15)11-6-8-4-5-9(14)7-10(8)13(11)16;1-2-4-11(15)9-7-8-5-3-6-10(14(17)18)12(8)13(9)16/h1,3,5-6,11-12,16H,4,7H2;1,5-6,8,12-13,15H,4,7H2,2H3;1,5-7,12-13,15H,4,8H2,2H3;1,3,5-6,9,11,15H,4,7H2;1,4-5,7,11-12,15H,3,6H2;1,3,5-6,9,11,15H,4,7H2. The summed E-state index contributed by atoms with van der Waals surface area (Å²) < 4.78 is 5.08. The van der Waals surface area contributed by atoms with Crippen molar-refractivity contribution < 1.29 is 69.1 Å². The molecule has 6 aromatic rings. The van der Waals surface area contributed by atoms with Gasteiger partial charge in [-0.3, -0.25) is 38.9 Å². The fraction of sp³-hybridized carbons (Fsp3) is 0.321. The van der Waals surface area contributed by atoms with Gasteiger partial charge in [0, 0.05) is 77.4 Å². The predicted octanol–water partition coefficient (Wildman–Crippen LogP) is 9.96. The summed E-state index contributed by atoms with van der Waals surface area (Å²) in [6, 6.07) is 33.6. The van der Waals surface area contributed by atoms with Crippen LogP contribution in [0.5, 0.6) is 5.75 Å². The minimum atomic E-state index is -0.950. The molecular formula is C81H72Cl2N2O15. The van der Waals surface area contributed by atoms with E-state index in [9.17, 15) is 69.5 Å². The molecule has 0 spiro atoms. The van der Waals surface area contributed by atoms with Gasteiger partial charge in [0.25, 0.3) is 5.69 Å². The second-order valence-corrected chi connectivity index (χ2v) is 25.5. The zero-order valence-corrected chi connectivity index (χ0v) is 56.3. The molecule has 6 aliphatic rings. The Hall–Kier alpha value is -10.3. The van der Waals surface area contributed by atoms with Gasteiger partial charge in [-0.15, -0.1) is 74.1 Å². The number of halogens is 2. The maximum atomic E-state index is 12.1. The highest BCUT2D eigenvalue weighted by Crippen LogP contribution is 2.39.